The molecule has 7 nitrogen and oxygen atoms in total. The fraction of sp³-hybridized carbons (Fsp3) is 0.350. The van der Waals surface area contributed by atoms with Gasteiger partial charge in [0.1, 0.15) is 0 Å². The first-order chi connectivity index (χ1) is 13.4. The molecule has 150 valence electrons. The van der Waals surface area contributed by atoms with Gasteiger partial charge in [0, 0.05) is 17.0 Å². The van der Waals surface area contributed by atoms with Crippen molar-refractivity contribution in [2.45, 2.75) is 31.7 Å². The second-order valence-corrected chi connectivity index (χ2v) is 6.95. The molecular weight excluding hydrogens is 380 g/mol. The molecule has 1 N–H and O–H groups in total. The number of ether oxygens (including phenoxy) is 2. The van der Waals surface area contributed by atoms with Gasteiger partial charge in [-0.15, -0.1) is 11.8 Å². The molecule has 0 saturated heterocycles. The predicted octanol–water partition coefficient (Wildman–Crippen LogP) is 4.36. The zero-order valence-corrected chi connectivity index (χ0v) is 17.0. The highest BCUT2D eigenvalue weighted by Crippen LogP contribution is 2.31. The van der Waals surface area contributed by atoms with Gasteiger partial charge in [0.15, 0.2) is 11.5 Å². The number of benzene rings is 2. The molecule has 2 rings (SSSR count). The molecule has 2 aromatic rings. The summed E-state index contributed by atoms with van der Waals surface area (Å²) in [5, 5.41) is 13.6. The van der Waals surface area contributed by atoms with Crippen LogP contribution in [0.3, 0.4) is 0 Å². The minimum atomic E-state index is -0.448. The van der Waals surface area contributed by atoms with Gasteiger partial charge in [-0.2, -0.15) is 0 Å². The van der Waals surface area contributed by atoms with E-state index in [0.717, 1.165) is 10.5 Å². The van der Waals surface area contributed by atoms with Gasteiger partial charge in [0.2, 0.25) is 5.91 Å². The van der Waals surface area contributed by atoms with Crippen LogP contribution in [-0.4, -0.2) is 29.8 Å². The smallest absolute Gasteiger partial charge is 0.269 e. The maximum Gasteiger partial charge on any atom is 0.269 e. The average Bonchev–Trinajstić information content (AvgIpc) is 2.68. The van der Waals surface area contributed by atoms with Crippen molar-refractivity contribution in [1.82, 2.24) is 5.32 Å². The summed E-state index contributed by atoms with van der Waals surface area (Å²) in [6, 6.07) is 11.6. The maximum absolute atomic E-state index is 12.3. The number of nitrogens with one attached hydrogen (secondary N) is 1. The normalized spacial score (nSPS) is 11.5. The molecule has 0 aliphatic heterocycles. The van der Waals surface area contributed by atoms with Crippen LogP contribution in [0.4, 0.5) is 5.69 Å². The maximum atomic E-state index is 12.3. The molecule has 1 atom stereocenters. The summed E-state index contributed by atoms with van der Waals surface area (Å²) < 4.78 is 11.2. The Labute approximate surface area is 168 Å². The number of hydrogen-bond donors (Lipinski definition) is 1. The largest absolute Gasteiger partial charge is 0.490 e. The van der Waals surface area contributed by atoms with Crippen molar-refractivity contribution >= 4 is 23.4 Å². The average molecular weight is 404 g/mol. The predicted molar refractivity (Wildman–Crippen MR) is 109 cm³/mol. The number of carbonyl (C=O) groups excluding carboxylic acids is 1. The van der Waals surface area contributed by atoms with Crippen molar-refractivity contribution in [2.24, 2.45) is 0 Å². The van der Waals surface area contributed by atoms with E-state index in [4.69, 9.17) is 9.47 Å². The van der Waals surface area contributed by atoms with Gasteiger partial charge >= 0.3 is 0 Å². The number of rotatable bonds is 10. The molecule has 0 heterocycles. The lowest BCUT2D eigenvalue weighted by Crippen LogP contribution is -2.28. The van der Waals surface area contributed by atoms with E-state index in [2.05, 4.69) is 5.32 Å². The van der Waals surface area contributed by atoms with Crippen LogP contribution in [0.1, 0.15) is 32.4 Å². The minimum absolute atomic E-state index is 0.0306. The van der Waals surface area contributed by atoms with Crippen molar-refractivity contribution in [3.05, 3.63) is 58.1 Å². The number of hydrogen-bond acceptors (Lipinski definition) is 6. The van der Waals surface area contributed by atoms with E-state index >= 15 is 0 Å². The summed E-state index contributed by atoms with van der Waals surface area (Å²) in [5.74, 6) is 1.43. The minimum Gasteiger partial charge on any atom is -0.490 e. The molecule has 0 bridgehead atoms. The molecule has 0 spiro atoms. The van der Waals surface area contributed by atoms with Gasteiger partial charge in [-0.25, -0.2) is 0 Å². The van der Waals surface area contributed by atoms with Gasteiger partial charge in [0.05, 0.1) is 29.9 Å². The molecule has 0 fully saturated rings. The summed E-state index contributed by atoms with van der Waals surface area (Å²) in [7, 11) is 0. The Balaban J connectivity index is 1.94. The lowest BCUT2D eigenvalue weighted by Gasteiger charge is -2.17. The first-order valence-electron chi connectivity index (χ1n) is 9.00. The third kappa shape index (κ3) is 6.16. The number of non-ortho nitro benzene ring substituents is 1. The Hall–Kier alpha value is -2.74. The van der Waals surface area contributed by atoms with Gasteiger partial charge in [0.25, 0.3) is 5.69 Å². The molecule has 0 radical (unpaired) electrons. The van der Waals surface area contributed by atoms with E-state index in [0.29, 0.717) is 24.7 Å². The number of nitro groups is 1. The number of carbonyl (C=O) groups is 1. The van der Waals surface area contributed by atoms with Crippen molar-refractivity contribution in [1.29, 1.82) is 0 Å². The van der Waals surface area contributed by atoms with Gasteiger partial charge in [-0.1, -0.05) is 6.07 Å². The third-order valence-electron chi connectivity index (χ3n) is 3.86. The summed E-state index contributed by atoms with van der Waals surface area (Å²) in [4.78, 5) is 23.3. The third-order valence-corrected chi connectivity index (χ3v) is 4.87. The Kier molecular flexibility index (Phi) is 8.13. The highest BCUT2D eigenvalue weighted by atomic mass is 32.2. The summed E-state index contributed by atoms with van der Waals surface area (Å²) in [6.45, 7) is 6.79. The van der Waals surface area contributed by atoms with Crippen molar-refractivity contribution < 1.29 is 19.2 Å². The molecule has 2 aromatic carbocycles. The molecule has 28 heavy (non-hydrogen) atoms. The van der Waals surface area contributed by atoms with Crippen LogP contribution in [0.5, 0.6) is 11.5 Å². The van der Waals surface area contributed by atoms with E-state index in [-0.39, 0.29) is 23.4 Å². The number of nitrogens with zero attached hydrogens (tertiary/aromatic N) is 1. The Morgan fingerprint density at radius 2 is 1.75 bits per heavy atom. The molecule has 1 amide bonds. The van der Waals surface area contributed by atoms with Crippen LogP contribution < -0.4 is 14.8 Å². The Bertz CT molecular complexity index is 811. The van der Waals surface area contributed by atoms with Crippen LogP contribution in [-0.2, 0) is 4.79 Å². The van der Waals surface area contributed by atoms with E-state index < -0.39 is 4.92 Å². The number of nitro benzene ring substituents is 1. The highest BCUT2D eigenvalue weighted by Gasteiger charge is 2.14. The van der Waals surface area contributed by atoms with E-state index in [9.17, 15) is 14.9 Å². The molecule has 0 aliphatic carbocycles. The van der Waals surface area contributed by atoms with E-state index in [1.54, 1.807) is 12.1 Å². The lowest BCUT2D eigenvalue weighted by molar-refractivity contribution is -0.384. The van der Waals surface area contributed by atoms with Crippen LogP contribution in [0.2, 0.25) is 0 Å². The molecule has 0 aromatic heterocycles. The topological polar surface area (TPSA) is 90.7 Å². The van der Waals surface area contributed by atoms with Crippen molar-refractivity contribution in [3.63, 3.8) is 0 Å². The Morgan fingerprint density at radius 3 is 2.36 bits per heavy atom. The summed E-state index contributed by atoms with van der Waals surface area (Å²) in [5.41, 5.74) is 0.948. The Morgan fingerprint density at radius 1 is 1.11 bits per heavy atom. The molecule has 0 aliphatic rings. The first-order valence-corrected chi connectivity index (χ1v) is 9.99. The van der Waals surface area contributed by atoms with Crippen LogP contribution in [0.25, 0.3) is 0 Å². The second kappa shape index (κ2) is 10.6. The fourth-order valence-electron chi connectivity index (χ4n) is 2.52. The van der Waals surface area contributed by atoms with Crippen molar-refractivity contribution in [2.75, 3.05) is 19.0 Å². The fourth-order valence-corrected chi connectivity index (χ4v) is 3.23. The molecular formula is C20H24N2O5S. The van der Waals surface area contributed by atoms with Gasteiger partial charge in [-0.05, 0) is 50.6 Å². The van der Waals surface area contributed by atoms with Gasteiger partial charge in [-0.3, -0.25) is 14.9 Å². The summed E-state index contributed by atoms with van der Waals surface area (Å²) in [6.07, 6.45) is 0. The number of amides is 1. The molecule has 0 unspecified atom stereocenters. The lowest BCUT2D eigenvalue weighted by atomic mass is 10.1. The van der Waals surface area contributed by atoms with Crippen LogP contribution in [0, 0.1) is 10.1 Å². The van der Waals surface area contributed by atoms with Gasteiger partial charge < -0.3 is 14.8 Å². The quantitative estimate of drug-likeness (QED) is 0.359. The SMILES string of the molecule is CCOc1ccc([C@@H](C)NC(=O)CSc2ccc([N+](=O)[O-])cc2)cc1OCC. The zero-order valence-electron chi connectivity index (χ0n) is 16.1. The van der Waals surface area contributed by atoms with Crippen LogP contribution >= 0.6 is 11.8 Å². The monoisotopic (exact) mass is 404 g/mol. The molecule has 0 saturated carbocycles. The van der Waals surface area contributed by atoms with Crippen molar-refractivity contribution in [3.8, 4) is 11.5 Å². The molecule has 8 heteroatoms. The number of thioether (sulfide) groups is 1. The van der Waals surface area contributed by atoms with E-state index in [1.807, 2.05) is 39.0 Å². The highest BCUT2D eigenvalue weighted by molar-refractivity contribution is 8.00. The first kappa shape index (κ1) is 21.6. The standard InChI is InChI=1S/C20H24N2O5S/c1-4-26-18-11-6-15(12-19(18)27-5-2)14(3)21-20(23)13-28-17-9-7-16(8-10-17)22(24)25/h6-12,14H,4-5,13H2,1-3H3,(H,21,23)/t14-/m1/s1. The van der Waals surface area contributed by atoms with Crippen LogP contribution in [0.15, 0.2) is 47.4 Å². The zero-order chi connectivity index (χ0) is 20.5. The second-order valence-electron chi connectivity index (χ2n) is 5.90. The van der Waals surface area contributed by atoms with E-state index in [1.165, 1.54) is 23.9 Å². The summed E-state index contributed by atoms with van der Waals surface area (Å²) >= 11 is 1.33.